The van der Waals surface area contributed by atoms with Crippen molar-refractivity contribution in [2.75, 3.05) is 5.73 Å². The van der Waals surface area contributed by atoms with Crippen molar-refractivity contribution in [1.82, 2.24) is 4.98 Å². The second-order valence-electron chi connectivity index (χ2n) is 4.52. The van der Waals surface area contributed by atoms with E-state index in [2.05, 4.69) is 42.2 Å². The topological polar surface area (TPSA) is 38.9 Å². The van der Waals surface area contributed by atoms with Crippen LogP contribution in [-0.4, -0.2) is 4.98 Å². The molecule has 88 valence electrons. The van der Waals surface area contributed by atoms with E-state index in [1.165, 1.54) is 5.56 Å². The molecule has 0 unspecified atom stereocenters. The van der Waals surface area contributed by atoms with Crippen LogP contribution in [0.1, 0.15) is 5.56 Å². The molecule has 0 saturated carbocycles. The van der Waals surface area contributed by atoms with Crippen molar-refractivity contribution >= 4 is 16.6 Å². The van der Waals surface area contributed by atoms with E-state index in [0.29, 0.717) is 0 Å². The van der Waals surface area contributed by atoms with Gasteiger partial charge in [-0.3, -0.25) is 0 Å². The fourth-order valence-electron chi connectivity index (χ4n) is 2.11. The van der Waals surface area contributed by atoms with Gasteiger partial charge in [-0.15, -0.1) is 0 Å². The highest BCUT2D eigenvalue weighted by molar-refractivity contribution is 5.84. The predicted molar refractivity (Wildman–Crippen MR) is 76.3 cm³/mol. The van der Waals surface area contributed by atoms with Gasteiger partial charge in [-0.1, -0.05) is 29.8 Å². The SMILES string of the molecule is Cc1cccc(-c2ccc3cc(N)ccc3n2)c1. The quantitative estimate of drug-likeness (QED) is 0.650. The smallest absolute Gasteiger partial charge is 0.0711 e. The Labute approximate surface area is 106 Å². The van der Waals surface area contributed by atoms with Crippen LogP contribution < -0.4 is 5.73 Å². The average Bonchev–Trinajstić information content (AvgIpc) is 2.38. The van der Waals surface area contributed by atoms with Crippen LogP contribution in [0.4, 0.5) is 5.69 Å². The second kappa shape index (κ2) is 4.15. The highest BCUT2D eigenvalue weighted by atomic mass is 14.7. The van der Waals surface area contributed by atoms with Gasteiger partial charge >= 0.3 is 0 Å². The molecule has 18 heavy (non-hydrogen) atoms. The maximum Gasteiger partial charge on any atom is 0.0711 e. The summed E-state index contributed by atoms with van der Waals surface area (Å²) in [5.74, 6) is 0. The first-order valence-corrected chi connectivity index (χ1v) is 5.96. The Bertz CT molecular complexity index is 717. The maximum absolute atomic E-state index is 5.77. The van der Waals surface area contributed by atoms with Crippen molar-refractivity contribution in [3.05, 3.63) is 60.2 Å². The summed E-state index contributed by atoms with van der Waals surface area (Å²) >= 11 is 0. The molecule has 0 aliphatic carbocycles. The van der Waals surface area contributed by atoms with Gasteiger partial charge in [0.1, 0.15) is 0 Å². The summed E-state index contributed by atoms with van der Waals surface area (Å²) in [6, 6.07) is 18.3. The van der Waals surface area contributed by atoms with Crippen molar-refractivity contribution in [2.24, 2.45) is 0 Å². The minimum absolute atomic E-state index is 0.771. The number of fused-ring (bicyclic) bond motifs is 1. The van der Waals surface area contributed by atoms with Crippen LogP contribution in [0.3, 0.4) is 0 Å². The normalized spacial score (nSPS) is 10.7. The number of nitrogens with two attached hydrogens (primary N) is 1. The maximum atomic E-state index is 5.77. The standard InChI is InChI=1S/C16H14N2/c1-11-3-2-4-12(9-11)15-7-5-13-10-14(17)6-8-16(13)18-15/h2-10H,17H2,1H3. The van der Waals surface area contributed by atoms with Gasteiger partial charge in [0.05, 0.1) is 11.2 Å². The molecule has 0 aliphatic rings. The van der Waals surface area contributed by atoms with E-state index in [4.69, 9.17) is 5.73 Å². The molecule has 2 N–H and O–H groups in total. The number of hydrogen-bond donors (Lipinski definition) is 1. The molecule has 2 nitrogen and oxygen atoms in total. The van der Waals surface area contributed by atoms with Crippen LogP contribution >= 0.6 is 0 Å². The zero-order valence-corrected chi connectivity index (χ0v) is 10.2. The molecular formula is C16H14N2. The number of nitrogen functional groups attached to an aromatic ring is 1. The number of aryl methyl sites for hydroxylation is 1. The zero-order valence-electron chi connectivity index (χ0n) is 10.2. The lowest BCUT2D eigenvalue weighted by Crippen LogP contribution is -1.88. The number of anilines is 1. The van der Waals surface area contributed by atoms with E-state index >= 15 is 0 Å². The minimum atomic E-state index is 0.771. The van der Waals surface area contributed by atoms with Crippen molar-refractivity contribution in [3.8, 4) is 11.3 Å². The van der Waals surface area contributed by atoms with Crippen LogP contribution in [0, 0.1) is 6.92 Å². The molecule has 2 aromatic carbocycles. The number of nitrogens with zero attached hydrogens (tertiary/aromatic N) is 1. The molecule has 0 amide bonds. The number of aromatic nitrogens is 1. The fraction of sp³-hybridized carbons (Fsp3) is 0.0625. The molecule has 0 saturated heterocycles. The van der Waals surface area contributed by atoms with Gasteiger partial charge in [-0.05, 0) is 37.3 Å². The zero-order chi connectivity index (χ0) is 12.5. The molecule has 0 spiro atoms. The molecule has 0 radical (unpaired) electrons. The molecule has 3 aromatic rings. The summed E-state index contributed by atoms with van der Waals surface area (Å²) in [6.07, 6.45) is 0. The number of pyridine rings is 1. The van der Waals surface area contributed by atoms with Crippen molar-refractivity contribution < 1.29 is 0 Å². The highest BCUT2D eigenvalue weighted by Crippen LogP contribution is 2.22. The van der Waals surface area contributed by atoms with E-state index in [9.17, 15) is 0 Å². The highest BCUT2D eigenvalue weighted by Gasteiger charge is 2.01. The molecule has 2 heteroatoms. The van der Waals surface area contributed by atoms with Crippen molar-refractivity contribution in [1.29, 1.82) is 0 Å². The Morgan fingerprint density at radius 3 is 2.67 bits per heavy atom. The summed E-state index contributed by atoms with van der Waals surface area (Å²) in [7, 11) is 0. The third-order valence-corrected chi connectivity index (χ3v) is 3.03. The Kier molecular flexibility index (Phi) is 2.49. The molecule has 0 fully saturated rings. The van der Waals surface area contributed by atoms with Gasteiger partial charge in [0.15, 0.2) is 0 Å². The molecular weight excluding hydrogens is 220 g/mol. The Morgan fingerprint density at radius 1 is 0.944 bits per heavy atom. The van der Waals surface area contributed by atoms with Crippen LogP contribution in [0.2, 0.25) is 0 Å². The van der Waals surface area contributed by atoms with Crippen LogP contribution in [0.15, 0.2) is 54.6 Å². The van der Waals surface area contributed by atoms with E-state index in [0.717, 1.165) is 27.8 Å². The summed E-state index contributed by atoms with van der Waals surface area (Å²) in [5.41, 5.74) is 10.9. The second-order valence-corrected chi connectivity index (χ2v) is 4.52. The summed E-state index contributed by atoms with van der Waals surface area (Å²) < 4.78 is 0. The first kappa shape index (κ1) is 10.8. The fourth-order valence-corrected chi connectivity index (χ4v) is 2.11. The number of rotatable bonds is 1. The van der Waals surface area contributed by atoms with Crippen LogP contribution in [-0.2, 0) is 0 Å². The largest absolute Gasteiger partial charge is 0.399 e. The van der Waals surface area contributed by atoms with Crippen LogP contribution in [0.25, 0.3) is 22.2 Å². The summed E-state index contributed by atoms with van der Waals surface area (Å²) in [5, 5.41) is 1.08. The van der Waals surface area contributed by atoms with Gasteiger partial charge < -0.3 is 5.73 Å². The molecule has 0 aliphatic heterocycles. The monoisotopic (exact) mass is 234 g/mol. The summed E-state index contributed by atoms with van der Waals surface area (Å²) in [4.78, 5) is 4.67. The van der Waals surface area contributed by atoms with Gasteiger partial charge in [0.25, 0.3) is 0 Å². The Morgan fingerprint density at radius 2 is 1.83 bits per heavy atom. The van der Waals surface area contributed by atoms with Crippen molar-refractivity contribution in [2.45, 2.75) is 6.92 Å². The van der Waals surface area contributed by atoms with Gasteiger partial charge in [-0.2, -0.15) is 0 Å². The first-order chi connectivity index (χ1) is 8.72. The molecule has 3 rings (SSSR count). The van der Waals surface area contributed by atoms with E-state index in [1.54, 1.807) is 0 Å². The predicted octanol–water partition coefficient (Wildman–Crippen LogP) is 3.79. The lowest BCUT2D eigenvalue weighted by Gasteiger charge is -2.05. The van der Waals surface area contributed by atoms with E-state index in [1.807, 2.05) is 24.3 Å². The van der Waals surface area contributed by atoms with Crippen molar-refractivity contribution in [3.63, 3.8) is 0 Å². The first-order valence-electron chi connectivity index (χ1n) is 5.96. The molecule has 0 atom stereocenters. The Balaban J connectivity index is 2.16. The number of hydrogen-bond acceptors (Lipinski definition) is 2. The lowest BCUT2D eigenvalue weighted by molar-refractivity contribution is 1.38. The van der Waals surface area contributed by atoms with Gasteiger partial charge in [0, 0.05) is 16.6 Å². The van der Waals surface area contributed by atoms with Gasteiger partial charge in [0.2, 0.25) is 0 Å². The molecule has 1 aromatic heterocycles. The summed E-state index contributed by atoms with van der Waals surface area (Å²) in [6.45, 7) is 2.09. The third kappa shape index (κ3) is 1.93. The lowest BCUT2D eigenvalue weighted by atomic mass is 10.1. The minimum Gasteiger partial charge on any atom is -0.399 e. The van der Waals surface area contributed by atoms with Gasteiger partial charge in [-0.25, -0.2) is 4.98 Å². The van der Waals surface area contributed by atoms with Crippen LogP contribution in [0.5, 0.6) is 0 Å². The van der Waals surface area contributed by atoms with E-state index < -0.39 is 0 Å². The Hall–Kier alpha value is -2.35. The number of benzene rings is 2. The third-order valence-electron chi connectivity index (χ3n) is 3.03. The average molecular weight is 234 g/mol. The molecule has 0 bridgehead atoms. The molecule has 1 heterocycles. The van der Waals surface area contributed by atoms with E-state index in [-0.39, 0.29) is 0 Å².